The largest absolute Gasteiger partial charge is 0.416 e. The lowest BCUT2D eigenvalue weighted by atomic mass is 9.94. The van der Waals surface area contributed by atoms with E-state index in [9.17, 15) is 35.5 Å². The van der Waals surface area contributed by atoms with E-state index in [2.05, 4.69) is 4.90 Å². The van der Waals surface area contributed by atoms with E-state index in [1.165, 1.54) is 24.3 Å². The number of carbonyl (C=O) groups excluding carboxylic acids is 1. The van der Waals surface area contributed by atoms with Gasteiger partial charge in [0, 0.05) is 25.4 Å². The summed E-state index contributed by atoms with van der Waals surface area (Å²) < 4.78 is 98.0. The van der Waals surface area contributed by atoms with E-state index < -0.39 is 41.8 Å². The van der Waals surface area contributed by atoms with Crippen LogP contribution in [0, 0.1) is 11.7 Å². The highest BCUT2D eigenvalue weighted by atomic mass is 35.5. The molecular weight excluding hydrogens is 541 g/mol. The number of hydrogen-bond acceptors (Lipinski definition) is 3. The number of piperidine rings is 1. The fourth-order valence-electron chi connectivity index (χ4n) is 4.40. The van der Waals surface area contributed by atoms with Gasteiger partial charge in [0.1, 0.15) is 5.82 Å². The molecule has 1 amide bonds. The number of benzene rings is 2. The SMILES string of the molecule is CN1CCC(C(=O)N(C)CC(COCc2cc(C(F)(F)F)cc(C(F)(F)F)c2)c2ccc(F)cc2)CC1.Cl. The van der Waals surface area contributed by atoms with E-state index in [1.54, 1.807) is 11.9 Å². The first-order chi connectivity index (χ1) is 17.2. The minimum atomic E-state index is -4.95. The molecule has 1 fully saturated rings. The minimum absolute atomic E-state index is 0. The second kappa shape index (κ2) is 13.1. The summed E-state index contributed by atoms with van der Waals surface area (Å²) in [7, 11) is 3.62. The maximum Gasteiger partial charge on any atom is 0.416 e. The number of likely N-dealkylation sites (N-methyl/N-ethyl adjacent to an activating group) is 1. The van der Waals surface area contributed by atoms with E-state index in [0.29, 0.717) is 30.5 Å². The highest BCUT2D eigenvalue weighted by molar-refractivity contribution is 5.85. The third kappa shape index (κ3) is 8.84. The maximum absolute atomic E-state index is 13.5. The summed E-state index contributed by atoms with van der Waals surface area (Å²) in [5.41, 5.74) is -2.49. The molecule has 1 unspecified atom stereocenters. The van der Waals surface area contributed by atoms with E-state index in [-0.39, 0.29) is 49.0 Å². The highest BCUT2D eigenvalue weighted by Gasteiger charge is 2.37. The van der Waals surface area contributed by atoms with Gasteiger partial charge in [0.05, 0.1) is 24.3 Å². The zero-order valence-corrected chi connectivity index (χ0v) is 21.7. The van der Waals surface area contributed by atoms with E-state index in [0.717, 1.165) is 13.1 Å². The Morgan fingerprint density at radius 2 is 1.53 bits per heavy atom. The zero-order valence-electron chi connectivity index (χ0n) is 20.9. The summed E-state index contributed by atoms with van der Waals surface area (Å²) in [5.74, 6) is -1.13. The molecule has 0 saturated carbocycles. The summed E-state index contributed by atoms with van der Waals surface area (Å²) in [5, 5.41) is 0. The summed E-state index contributed by atoms with van der Waals surface area (Å²) in [6.07, 6.45) is -8.48. The number of ether oxygens (including phenoxy) is 1. The molecule has 0 aliphatic carbocycles. The lowest BCUT2D eigenvalue weighted by Crippen LogP contribution is -2.41. The lowest BCUT2D eigenvalue weighted by Gasteiger charge is -2.32. The summed E-state index contributed by atoms with van der Waals surface area (Å²) in [4.78, 5) is 16.7. The number of likely N-dealkylation sites (tertiary alicyclic amines) is 1. The van der Waals surface area contributed by atoms with Gasteiger partial charge in [-0.25, -0.2) is 4.39 Å². The fraction of sp³-hybridized carbons (Fsp3) is 0.500. The van der Waals surface area contributed by atoms with Gasteiger partial charge >= 0.3 is 12.4 Å². The molecule has 4 nitrogen and oxygen atoms in total. The predicted molar refractivity (Wildman–Crippen MR) is 130 cm³/mol. The average Bonchev–Trinajstić information content (AvgIpc) is 2.82. The zero-order chi connectivity index (χ0) is 27.4. The van der Waals surface area contributed by atoms with E-state index in [1.807, 2.05) is 7.05 Å². The Kier molecular flexibility index (Phi) is 11.0. The normalized spacial score (nSPS) is 16.1. The number of hydrogen-bond donors (Lipinski definition) is 0. The molecule has 2 aromatic carbocycles. The monoisotopic (exact) mass is 570 g/mol. The van der Waals surface area contributed by atoms with Gasteiger partial charge in [0.25, 0.3) is 0 Å². The quantitative estimate of drug-likeness (QED) is 0.345. The first-order valence-corrected chi connectivity index (χ1v) is 11.8. The van der Waals surface area contributed by atoms with Crippen molar-refractivity contribution in [3.63, 3.8) is 0 Å². The van der Waals surface area contributed by atoms with Crippen molar-refractivity contribution in [2.24, 2.45) is 5.92 Å². The minimum Gasteiger partial charge on any atom is -0.376 e. The molecule has 1 saturated heterocycles. The van der Waals surface area contributed by atoms with Crippen molar-refractivity contribution in [3.8, 4) is 0 Å². The predicted octanol–water partition coefficient (Wildman–Crippen LogP) is 6.39. The number of carbonyl (C=O) groups is 1. The number of rotatable bonds is 8. The molecule has 0 spiro atoms. The highest BCUT2D eigenvalue weighted by Crippen LogP contribution is 2.36. The van der Waals surface area contributed by atoms with Crippen molar-refractivity contribution < 1.29 is 40.3 Å². The van der Waals surface area contributed by atoms with Crippen molar-refractivity contribution in [2.45, 2.75) is 37.7 Å². The fourth-order valence-corrected chi connectivity index (χ4v) is 4.40. The number of amides is 1. The van der Waals surface area contributed by atoms with Gasteiger partial charge in [-0.3, -0.25) is 4.79 Å². The standard InChI is InChI=1S/C26H29F7N2O2.ClH/c1-34-9-7-19(8-10-34)24(36)35(2)14-20(18-3-5-23(27)6-4-18)16-37-15-17-11-21(25(28,29)30)13-22(12-17)26(31,32)33;/h3-6,11-13,19-20H,7-10,14-16H2,1-2H3;1H. The molecule has 1 heterocycles. The first kappa shape index (κ1) is 31.8. The van der Waals surface area contributed by atoms with Gasteiger partial charge in [0.2, 0.25) is 5.91 Å². The average molecular weight is 571 g/mol. The smallest absolute Gasteiger partial charge is 0.376 e. The van der Waals surface area contributed by atoms with Crippen LogP contribution in [0.2, 0.25) is 0 Å². The first-order valence-electron chi connectivity index (χ1n) is 11.8. The van der Waals surface area contributed by atoms with Crippen LogP contribution in [0.3, 0.4) is 0 Å². The van der Waals surface area contributed by atoms with Crippen molar-refractivity contribution in [3.05, 3.63) is 70.5 Å². The third-order valence-electron chi connectivity index (χ3n) is 6.51. The van der Waals surface area contributed by atoms with Crippen LogP contribution in [0.1, 0.15) is 41.0 Å². The lowest BCUT2D eigenvalue weighted by molar-refractivity contribution is -0.143. The number of alkyl halides is 6. The Morgan fingerprint density at radius 1 is 1.00 bits per heavy atom. The van der Waals surface area contributed by atoms with E-state index in [4.69, 9.17) is 4.74 Å². The van der Waals surface area contributed by atoms with Gasteiger partial charge in [-0.2, -0.15) is 26.3 Å². The van der Waals surface area contributed by atoms with Gasteiger partial charge < -0.3 is 14.5 Å². The maximum atomic E-state index is 13.5. The van der Waals surface area contributed by atoms with Gasteiger partial charge in [0.15, 0.2) is 0 Å². The molecule has 38 heavy (non-hydrogen) atoms. The van der Waals surface area contributed by atoms with Gasteiger partial charge in [-0.15, -0.1) is 12.4 Å². The van der Waals surface area contributed by atoms with Crippen LogP contribution in [-0.4, -0.2) is 56.0 Å². The second-order valence-electron chi connectivity index (χ2n) is 9.47. The van der Waals surface area contributed by atoms with Crippen molar-refractivity contribution in [1.29, 1.82) is 0 Å². The summed E-state index contributed by atoms with van der Waals surface area (Å²) >= 11 is 0. The van der Waals surface area contributed by atoms with E-state index >= 15 is 0 Å². The van der Waals surface area contributed by atoms with Crippen LogP contribution in [0.5, 0.6) is 0 Å². The molecule has 0 aromatic heterocycles. The molecule has 0 radical (unpaired) electrons. The molecule has 1 aliphatic heterocycles. The Labute approximate surface area is 223 Å². The molecule has 12 heteroatoms. The molecule has 0 bridgehead atoms. The summed E-state index contributed by atoms with van der Waals surface area (Å²) in [6, 6.07) is 6.82. The van der Waals surface area contributed by atoms with Crippen molar-refractivity contribution in [2.75, 3.05) is 40.3 Å². The molecule has 1 aliphatic rings. The van der Waals surface area contributed by atoms with Crippen molar-refractivity contribution >= 4 is 18.3 Å². The van der Waals surface area contributed by atoms with Crippen LogP contribution < -0.4 is 0 Å². The van der Waals surface area contributed by atoms with Crippen LogP contribution in [-0.2, 0) is 28.5 Å². The number of nitrogens with zero attached hydrogens (tertiary/aromatic N) is 2. The van der Waals surface area contributed by atoms with Crippen LogP contribution >= 0.6 is 12.4 Å². The third-order valence-corrected chi connectivity index (χ3v) is 6.51. The molecule has 0 N–H and O–H groups in total. The van der Waals surface area contributed by atoms with Crippen LogP contribution in [0.25, 0.3) is 0 Å². The second-order valence-corrected chi connectivity index (χ2v) is 9.47. The molecule has 3 rings (SSSR count). The van der Waals surface area contributed by atoms with Crippen molar-refractivity contribution in [1.82, 2.24) is 9.80 Å². The summed E-state index contributed by atoms with van der Waals surface area (Å²) in [6.45, 7) is 1.18. The topological polar surface area (TPSA) is 32.8 Å². The van der Waals surface area contributed by atoms with Gasteiger partial charge in [-0.05, 0) is 74.4 Å². The Bertz CT molecular complexity index is 1020. The Morgan fingerprint density at radius 3 is 2.03 bits per heavy atom. The Hall–Kier alpha value is -2.37. The molecule has 1 atom stereocenters. The molecule has 212 valence electrons. The van der Waals surface area contributed by atoms with Gasteiger partial charge in [-0.1, -0.05) is 12.1 Å². The molecule has 2 aromatic rings. The Balaban J connectivity index is 0.00000507. The van der Waals surface area contributed by atoms with Crippen LogP contribution in [0.4, 0.5) is 30.7 Å². The van der Waals surface area contributed by atoms with Crippen LogP contribution in [0.15, 0.2) is 42.5 Å². The molecular formula is C26H30ClF7N2O2. The number of halogens is 8.